The van der Waals surface area contributed by atoms with Gasteiger partial charge in [-0.15, -0.1) is 0 Å². The molecule has 0 aliphatic rings. The molecule has 0 aliphatic carbocycles. The smallest absolute Gasteiger partial charge is 0.255 e. The van der Waals surface area contributed by atoms with Gasteiger partial charge in [0.15, 0.2) is 0 Å². The van der Waals surface area contributed by atoms with E-state index in [1.165, 1.54) is 0 Å². The Morgan fingerprint density at radius 3 is 2.57 bits per heavy atom. The van der Waals surface area contributed by atoms with Crippen molar-refractivity contribution in [3.8, 4) is 0 Å². The second-order valence-corrected chi connectivity index (χ2v) is 6.11. The van der Waals surface area contributed by atoms with Crippen molar-refractivity contribution in [2.24, 2.45) is 5.73 Å². The maximum Gasteiger partial charge on any atom is 0.255 e. The molecule has 0 radical (unpaired) electrons. The number of anilines is 1. The molecular weight excluding hydrogens is 348 g/mol. The maximum absolute atomic E-state index is 12.5. The molecule has 0 aromatic heterocycles. The molecule has 0 fully saturated rings. The Kier molecular flexibility index (Phi) is 4.75. The lowest BCUT2D eigenvalue weighted by Gasteiger charge is -2.13. The Balaban J connectivity index is 2.38. The Morgan fingerprint density at radius 2 is 1.90 bits per heavy atom. The number of benzene rings is 2. The van der Waals surface area contributed by atoms with Crippen LogP contribution in [0.5, 0.6) is 0 Å². The number of nitrogens with two attached hydrogens (primary N) is 1. The molecule has 0 bridgehead atoms. The molecule has 0 aliphatic heterocycles. The van der Waals surface area contributed by atoms with E-state index in [1.54, 1.807) is 18.2 Å². The van der Waals surface area contributed by atoms with Crippen LogP contribution in [0.4, 0.5) is 5.69 Å². The summed E-state index contributed by atoms with van der Waals surface area (Å²) in [5.41, 5.74) is 9.62. The molecule has 108 valence electrons. The monoisotopic (exact) mass is 362 g/mol. The standard InChI is InChI=1S/C16H15BrN2OS/c1-9-4-3-5-12(10(9)2)16(20)19-14-8-11(17)6-7-13(14)15(18)21/h3-8H,1-2H3,(H2,18,21)(H,19,20). The number of thiocarbonyl (C=S) groups is 1. The largest absolute Gasteiger partial charge is 0.389 e. The fourth-order valence-corrected chi connectivity index (χ4v) is 2.56. The molecule has 0 heterocycles. The first-order valence-corrected chi connectivity index (χ1v) is 7.57. The van der Waals surface area contributed by atoms with E-state index in [9.17, 15) is 4.79 Å². The fourth-order valence-electron chi connectivity index (χ4n) is 2.02. The minimum atomic E-state index is -0.174. The summed E-state index contributed by atoms with van der Waals surface area (Å²) in [5, 5.41) is 2.88. The van der Waals surface area contributed by atoms with Crippen LogP contribution in [0, 0.1) is 13.8 Å². The van der Waals surface area contributed by atoms with Crippen LogP contribution < -0.4 is 11.1 Å². The van der Waals surface area contributed by atoms with Crippen LogP contribution in [0.15, 0.2) is 40.9 Å². The van der Waals surface area contributed by atoms with Gasteiger partial charge in [-0.05, 0) is 49.2 Å². The van der Waals surface area contributed by atoms with Gasteiger partial charge in [-0.1, -0.05) is 40.3 Å². The summed E-state index contributed by atoms with van der Waals surface area (Å²) in [7, 11) is 0. The molecule has 0 saturated carbocycles. The Labute approximate surface area is 137 Å². The summed E-state index contributed by atoms with van der Waals surface area (Å²) in [5.74, 6) is -0.174. The molecular formula is C16H15BrN2OS. The van der Waals surface area contributed by atoms with Crippen molar-refractivity contribution in [3.63, 3.8) is 0 Å². The van der Waals surface area contributed by atoms with Gasteiger partial charge in [0.2, 0.25) is 0 Å². The van der Waals surface area contributed by atoms with Crippen LogP contribution in [0.2, 0.25) is 0 Å². The number of nitrogens with one attached hydrogen (secondary N) is 1. The molecule has 2 rings (SSSR count). The van der Waals surface area contributed by atoms with Crippen LogP contribution in [-0.4, -0.2) is 10.9 Å². The summed E-state index contributed by atoms with van der Waals surface area (Å²) in [6.45, 7) is 3.91. The molecule has 3 N–H and O–H groups in total. The van der Waals surface area contributed by atoms with Crippen LogP contribution in [-0.2, 0) is 0 Å². The topological polar surface area (TPSA) is 55.1 Å². The highest BCUT2D eigenvalue weighted by Gasteiger charge is 2.13. The van der Waals surface area contributed by atoms with E-state index in [-0.39, 0.29) is 10.9 Å². The van der Waals surface area contributed by atoms with Gasteiger partial charge >= 0.3 is 0 Å². The van der Waals surface area contributed by atoms with Crippen molar-refractivity contribution in [3.05, 3.63) is 63.1 Å². The lowest BCUT2D eigenvalue weighted by Crippen LogP contribution is -2.18. The molecule has 1 amide bonds. The third-order valence-corrected chi connectivity index (χ3v) is 4.06. The van der Waals surface area contributed by atoms with Crippen molar-refractivity contribution in [1.29, 1.82) is 0 Å². The van der Waals surface area contributed by atoms with Crippen molar-refractivity contribution in [2.45, 2.75) is 13.8 Å². The fraction of sp³-hybridized carbons (Fsp3) is 0.125. The summed E-state index contributed by atoms with van der Waals surface area (Å²) in [6, 6.07) is 11.1. The lowest BCUT2D eigenvalue weighted by molar-refractivity contribution is 0.102. The van der Waals surface area contributed by atoms with Crippen LogP contribution in [0.1, 0.15) is 27.0 Å². The van der Waals surface area contributed by atoms with E-state index in [0.717, 1.165) is 15.6 Å². The molecule has 21 heavy (non-hydrogen) atoms. The molecule has 3 nitrogen and oxygen atoms in total. The Morgan fingerprint density at radius 1 is 1.19 bits per heavy atom. The summed E-state index contributed by atoms with van der Waals surface area (Å²) >= 11 is 8.40. The number of halogens is 1. The maximum atomic E-state index is 12.5. The van der Waals surface area contributed by atoms with E-state index in [2.05, 4.69) is 21.2 Å². The van der Waals surface area contributed by atoms with E-state index >= 15 is 0 Å². The van der Waals surface area contributed by atoms with E-state index in [0.29, 0.717) is 16.8 Å². The van der Waals surface area contributed by atoms with Gasteiger partial charge in [0.1, 0.15) is 4.99 Å². The van der Waals surface area contributed by atoms with Crippen LogP contribution in [0.3, 0.4) is 0 Å². The van der Waals surface area contributed by atoms with Gasteiger partial charge in [-0.2, -0.15) is 0 Å². The number of amides is 1. The summed E-state index contributed by atoms with van der Waals surface area (Å²) < 4.78 is 0.846. The van der Waals surface area contributed by atoms with Gasteiger partial charge in [-0.25, -0.2) is 0 Å². The molecule has 2 aromatic rings. The number of carbonyl (C=O) groups is 1. The van der Waals surface area contributed by atoms with Crippen molar-refractivity contribution < 1.29 is 4.79 Å². The third kappa shape index (κ3) is 3.49. The Bertz CT molecular complexity index is 728. The predicted molar refractivity (Wildman–Crippen MR) is 93.9 cm³/mol. The van der Waals surface area contributed by atoms with Gasteiger partial charge in [0.05, 0.1) is 5.69 Å². The quantitative estimate of drug-likeness (QED) is 0.812. The predicted octanol–water partition coefficient (Wildman–Crippen LogP) is 3.95. The number of rotatable bonds is 3. The van der Waals surface area contributed by atoms with E-state index in [4.69, 9.17) is 18.0 Å². The molecule has 2 aromatic carbocycles. The van der Waals surface area contributed by atoms with Crippen LogP contribution >= 0.6 is 28.1 Å². The van der Waals surface area contributed by atoms with Gasteiger partial charge in [0.25, 0.3) is 5.91 Å². The minimum Gasteiger partial charge on any atom is -0.389 e. The third-order valence-electron chi connectivity index (χ3n) is 3.34. The van der Waals surface area contributed by atoms with Gasteiger partial charge in [-0.3, -0.25) is 4.79 Å². The molecule has 0 spiro atoms. The number of hydrogen-bond donors (Lipinski definition) is 2. The SMILES string of the molecule is Cc1cccc(C(=O)Nc2cc(Br)ccc2C(N)=S)c1C. The van der Waals surface area contributed by atoms with Gasteiger partial charge < -0.3 is 11.1 Å². The Hall–Kier alpha value is -1.72. The highest BCUT2D eigenvalue weighted by molar-refractivity contribution is 9.10. The number of hydrogen-bond acceptors (Lipinski definition) is 2. The van der Waals surface area contributed by atoms with E-state index in [1.807, 2.05) is 32.0 Å². The first-order valence-electron chi connectivity index (χ1n) is 6.37. The lowest BCUT2D eigenvalue weighted by atomic mass is 10.0. The zero-order chi connectivity index (χ0) is 15.6. The first kappa shape index (κ1) is 15.7. The molecule has 0 saturated heterocycles. The average Bonchev–Trinajstić information content (AvgIpc) is 2.41. The molecule has 0 atom stereocenters. The van der Waals surface area contributed by atoms with Crippen molar-refractivity contribution in [1.82, 2.24) is 0 Å². The van der Waals surface area contributed by atoms with Crippen molar-refractivity contribution in [2.75, 3.05) is 5.32 Å². The summed E-state index contributed by atoms with van der Waals surface area (Å²) in [6.07, 6.45) is 0. The van der Waals surface area contributed by atoms with Gasteiger partial charge in [0, 0.05) is 15.6 Å². The zero-order valence-electron chi connectivity index (χ0n) is 11.7. The summed E-state index contributed by atoms with van der Waals surface area (Å²) in [4.78, 5) is 12.7. The normalized spacial score (nSPS) is 10.2. The first-order chi connectivity index (χ1) is 9.90. The second-order valence-electron chi connectivity index (χ2n) is 4.76. The highest BCUT2D eigenvalue weighted by Crippen LogP contribution is 2.23. The average molecular weight is 363 g/mol. The highest BCUT2D eigenvalue weighted by atomic mass is 79.9. The zero-order valence-corrected chi connectivity index (χ0v) is 14.1. The minimum absolute atomic E-state index is 0.174. The van der Waals surface area contributed by atoms with E-state index < -0.39 is 0 Å². The number of aryl methyl sites for hydroxylation is 1. The molecule has 0 unspecified atom stereocenters. The van der Waals surface area contributed by atoms with Crippen LogP contribution in [0.25, 0.3) is 0 Å². The molecule has 5 heteroatoms. The van der Waals surface area contributed by atoms with Crippen molar-refractivity contribution >= 4 is 44.7 Å². The number of carbonyl (C=O) groups excluding carboxylic acids is 1. The second kappa shape index (κ2) is 6.37.